The van der Waals surface area contributed by atoms with Crippen LogP contribution in [0.4, 0.5) is 8.78 Å². The Balaban J connectivity index is 0.00000211. The van der Waals surface area contributed by atoms with Crippen molar-refractivity contribution in [2.24, 2.45) is 5.92 Å². The largest absolute Gasteiger partial charge is 0.392 e. The summed E-state index contributed by atoms with van der Waals surface area (Å²) in [7, 11) is 0. The van der Waals surface area contributed by atoms with Gasteiger partial charge in [0.25, 0.3) is 6.43 Å². The van der Waals surface area contributed by atoms with Gasteiger partial charge in [-0.2, -0.15) is 0 Å². The summed E-state index contributed by atoms with van der Waals surface area (Å²) in [5, 5.41) is 19.3. The molecular formula is C17H24F2O3. The summed E-state index contributed by atoms with van der Waals surface area (Å²) < 4.78 is 25.9. The number of Topliss-reactive ketones (excluding diaryl/α,β-unsaturated/α-hetero) is 1. The van der Waals surface area contributed by atoms with Crippen LogP contribution in [0.2, 0.25) is 0 Å². The molecule has 0 radical (unpaired) electrons. The van der Waals surface area contributed by atoms with E-state index in [1.54, 1.807) is 13.8 Å². The van der Waals surface area contributed by atoms with Crippen LogP contribution in [-0.2, 0) is 4.79 Å². The van der Waals surface area contributed by atoms with Gasteiger partial charge in [-0.3, -0.25) is 4.79 Å². The number of aliphatic hydroxyl groups is 2. The zero-order valence-corrected chi connectivity index (χ0v) is 13.7. The third-order valence-electron chi connectivity index (χ3n) is 3.55. The van der Waals surface area contributed by atoms with E-state index in [0.717, 1.165) is 0 Å². The number of allylic oxidation sites excluding steroid dienone is 2. The summed E-state index contributed by atoms with van der Waals surface area (Å²) in [6.07, 6.45) is -1.63. The fourth-order valence-electron chi connectivity index (χ4n) is 2.20. The highest BCUT2D eigenvalue weighted by Crippen LogP contribution is 2.38. The van der Waals surface area contributed by atoms with Gasteiger partial charge in [-0.25, -0.2) is 8.78 Å². The molecule has 1 aliphatic carbocycles. The molecule has 3 nitrogen and oxygen atoms in total. The van der Waals surface area contributed by atoms with Crippen LogP contribution >= 0.6 is 0 Å². The van der Waals surface area contributed by atoms with Gasteiger partial charge in [-0.15, -0.1) is 0 Å². The zero-order valence-electron chi connectivity index (χ0n) is 13.7. The number of rotatable bonds is 2. The van der Waals surface area contributed by atoms with Gasteiger partial charge < -0.3 is 10.2 Å². The first kappa shape index (κ1) is 20.5. The second-order valence-corrected chi connectivity index (χ2v) is 4.95. The molecule has 2 unspecified atom stereocenters. The van der Waals surface area contributed by atoms with E-state index >= 15 is 0 Å². The normalized spacial score (nSPS) is 25.5. The first-order chi connectivity index (χ1) is 10.2. The molecule has 0 saturated heterocycles. The van der Waals surface area contributed by atoms with Crippen molar-refractivity contribution in [3.63, 3.8) is 0 Å². The lowest BCUT2D eigenvalue weighted by atomic mass is 9.72. The first-order valence-corrected chi connectivity index (χ1v) is 7.29. The van der Waals surface area contributed by atoms with Gasteiger partial charge in [0.1, 0.15) is 0 Å². The predicted molar refractivity (Wildman–Crippen MR) is 82.4 cm³/mol. The van der Waals surface area contributed by atoms with Gasteiger partial charge in [-0.1, -0.05) is 32.6 Å². The monoisotopic (exact) mass is 314 g/mol. The minimum Gasteiger partial charge on any atom is -0.392 e. The van der Waals surface area contributed by atoms with E-state index in [0.29, 0.717) is 5.57 Å². The Labute approximate surface area is 130 Å². The summed E-state index contributed by atoms with van der Waals surface area (Å²) in [6.45, 7) is 8.36. The number of carbonyl (C=O) groups excluding carboxylic acids is 1. The maximum absolute atomic E-state index is 12.9. The van der Waals surface area contributed by atoms with Gasteiger partial charge >= 0.3 is 0 Å². The van der Waals surface area contributed by atoms with E-state index in [9.17, 15) is 18.7 Å². The molecule has 22 heavy (non-hydrogen) atoms. The number of hydrogen-bond acceptors (Lipinski definition) is 3. The van der Waals surface area contributed by atoms with Gasteiger partial charge in [-0.05, 0) is 31.1 Å². The van der Waals surface area contributed by atoms with Gasteiger partial charge in [0.05, 0.1) is 12.2 Å². The number of carbonyl (C=O) groups is 1. The molecule has 0 spiro atoms. The van der Waals surface area contributed by atoms with Crippen molar-refractivity contribution in [2.45, 2.75) is 53.1 Å². The van der Waals surface area contributed by atoms with Gasteiger partial charge in [0.2, 0.25) is 0 Å². The van der Waals surface area contributed by atoms with E-state index < -0.39 is 29.3 Å². The molecule has 2 N–H and O–H groups in total. The summed E-state index contributed by atoms with van der Waals surface area (Å²) in [5.74, 6) is 4.01. The maximum Gasteiger partial charge on any atom is 0.267 e. The van der Waals surface area contributed by atoms with E-state index in [-0.39, 0.29) is 18.6 Å². The fraction of sp³-hybridized carbons (Fsp3) is 0.588. The van der Waals surface area contributed by atoms with Crippen molar-refractivity contribution in [2.75, 3.05) is 6.61 Å². The highest BCUT2D eigenvalue weighted by Gasteiger charge is 2.44. The van der Waals surface area contributed by atoms with E-state index in [1.165, 1.54) is 13.0 Å². The quantitative estimate of drug-likeness (QED) is 0.771. The third-order valence-corrected chi connectivity index (χ3v) is 3.55. The van der Waals surface area contributed by atoms with E-state index in [4.69, 9.17) is 5.11 Å². The molecule has 0 aromatic rings. The minimum absolute atomic E-state index is 0.0828. The number of alkyl halides is 2. The molecule has 1 rings (SSSR count). The topological polar surface area (TPSA) is 57.5 Å². The Kier molecular flexibility index (Phi) is 8.21. The molecule has 0 heterocycles. The molecule has 0 saturated carbocycles. The molecular weight excluding hydrogens is 290 g/mol. The molecule has 5 heteroatoms. The van der Waals surface area contributed by atoms with E-state index in [1.807, 2.05) is 13.8 Å². The lowest BCUT2D eigenvalue weighted by Crippen LogP contribution is -2.43. The zero-order chi connectivity index (χ0) is 17.5. The van der Waals surface area contributed by atoms with Crippen molar-refractivity contribution >= 4 is 5.78 Å². The SMILES string of the molecule is CC.CC1=C(C(F)F)C(=O)CC(C)C1(O)C#C/C(C)=C\CO. The second-order valence-electron chi connectivity index (χ2n) is 4.95. The van der Waals surface area contributed by atoms with Gasteiger partial charge in [0.15, 0.2) is 11.4 Å². The summed E-state index contributed by atoms with van der Waals surface area (Å²) in [4.78, 5) is 11.6. The van der Waals surface area contributed by atoms with E-state index in [2.05, 4.69) is 11.8 Å². The Morgan fingerprint density at radius 1 is 1.50 bits per heavy atom. The Bertz CT molecular complexity index is 524. The molecule has 0 fully saturated rings. The average molecular weight is 314 g/mol. The molecule has 1 aliphatic rings. The summed E-state index contributed by atoms with van der Waals surface area (Å²) in [6, 6.07) is 0. The van der Waals surface area contributed by atoms with Crippen LogP contribution in [0.3, 0.4) is 0 Å². The summed E-state index contributed by atoms with van der Waals surface area (Å²) >= 11 is 0. The van der Waals surface area contributed by atoms with Crippen molar-refractivity contribution in [3.8, 4) is 11.8 Å². The Hall–Kier alpha value is -1.51. The van der Waals surface area contributed by atoms with Crippen LogP contribution in [0.25, 0.3) is 0 Å². The standard InChI is InChI=1S/C15H18F2O3.C2H6/c1-9(5-7-18)4-6-15(20)10(2)8-12(19)13(11(15)3)14(16)17;1-2/h5,10,14,18,20H,7-8H2,1-3H3;1-2H3/b9-5-;. The Morgan fingerprint density at radius 2 is 2.05 bits per heavy atom. The van der Waals surface area contributed by atoms with Crippen LogP contribution in [0.15, 0.2) is 22.8 Å². The first-order valence-electron chi connectivity index (χ1n) is 7.29. The van der Waals surface area contributed by atoms with Crippen molar-refractivity contribution < 1.29 is 23.8 Å². The van der Waals surface area contributed by atoms with Gasteiger partial charge in [0, 0.05) is 12.3 Å². The highest BCUT2D eigenvalue weighted by atomic mass is 19.3. The molecule has 124 valence electrons. The van der Waals surface area contributed by atoms with Crippen LogP contribution < -0.4 is 0 Å². The number of aliphatic hydroxyl groups excluding tert-OH is 1. The molecule has 0 amide bonds. The third kappa shape index (κ3) is 4.49. The Morgan fingerprint density at radius 3 is 2.50 bits per heavy atom. The minimum atomic E-state index is -2.92. The second kappa shape index (κ2) is 8.82. The molecule has 2 atom stereocenters. The lowest BCUT2D eigenvalue weighted by molar-refractivity contribution is -0.120. The van der Waals surface area contributed by atoms with Crippen LogP contribution in [0.5, 0.6) is 0 Å². The smallest absolute Gasteiger partial charge is 0.267 e. The molecule has 0 aromatic carbocycles. The molecule has 0 aliphatic heterocycles. The van der Waals surface area contributed by atoms with Crippen LogP contribution in [0, 0.1) is 17.8 Å². The summed E-state index contributed by atoms with van der Waals surface area (Å²) in [5.41, 5.74) is -1.94. The molecule has 0 bridgehead atoms. The maximum atomic E-state index is 12.9. The highest BCUT2D eigenvalue weighted by molar-refractivity contribution is 5.98. The van der Waals surface area contributed by atoms with Crippen molar-refractivity contribution in [1.82, 2.24) is 0 Å². The van der Waals surface area contributed by atoms with Crippen molar-refractivity contribution in [3.05, 3.63) is 22.8 Å². The van der Waals surface area contributed by atoms with Crippen LogP contribution in [-0.4, -0.2) is 34.6 Å². The lowest BCUT2D eigenvalue weighted by Gasteiger charge is -2.35. The van der Waals surface area contributed by atoms with Crippen molar-refractivity contribution in [1.29, 1.82) is 0 Å². The number of hydrogen-bond donors (Lipinski definition) is 2. The average Bonchev–Trinajstić information content (AvgIpc) is 2.45. The molecule has 0 aromatic heterocycles. The number of halogens is 2. The fourth-order valence-corrected chi connectivity index (χ4v) is 2.20. The predicted octanol–water partition coefficient (Wildman–Crippen LogP) is 2.88. The van der Waals surface area contributed by atoms with Crippen LogP contribution in [0.1, 0.15) is 41.0 Å². The number of ketones is 1.